The van der Waals surface area contributed by atoms with Gasteiger partial charge in [-0.2, -0.15) is 0 Å². The lowest BCUT2D eigenvalue weighted by molar-refractivity contribution is -0.134. The number of halogens is 1. The number of amides is 2. The zero-order valence-corrected chi connectivity index (χ0v) is 22.6. The van der Waals surface area contributed by atoms with Crippen LogP contribution in [-0.4, -0.2) is 31.2 Å². The molecule has 202 valence electrons. The van der Waals surface area contributed by atoms with E-state index >= 15 is 4.39 Å². The molecule has 0 bridgehead atoms. The summed E-state index contributed by atoms with van der Waals surface area (Å²) in [5.74, 6) is -0.678. The number of carbonyl (C=O) groups excluding carboxylic acids is 2. The highest BCUT2D eigenvalue weighted by molar-refractivity contribution is 6.13. The van der Waals surface area contributed by atoms with E-state index in [-0.39, 0.29) is 22.8 Å². The summed E-state index contributed by atoms with van der Waals surface area (Å²) in [5, 5.41) is 8.85. The molecule has 1 saturated carbocycles. The van der Waals surface area contributed by atoms with E-state index in [2.05, 4.69) is 34.1 Å². The molecule has 0 aromatic heterocycles. The van der Waals surface area contributed by atoms with Crippen LogP contribution in [0.5, 0.6) is 5.75 Å². The Hall–Kier alpha value is -3.94. The lowest BCUT2D eigenvalue weighted by Crippen LogP contribution is -2.42. The second kappa shape index (κ2) is 12.1. The maximum atomic E-state index is 15.1. The van der Waals surface area contributed by atoms with Crippen LogP contribution in [0.4, 0.5) is 21.5 Å². The van der Waals surface area contributed by atoms with E-state index in [0.717, 1.165) is 0 Å². The van der Waals surface area contributed by atoms with Crippen LogP contribution in [0.1, 0.15) is 52.5 Å². The minimum absolute atomic E-state index is 0.0666. The molecule has 0 heterocycles. The van der Waals surface area contributed by atoms with Crippen molar-refractivity contribution in [3.8, 4) is 5.75 Å². The van der Waals surface area contributed by atoms with Gasteiger partial charge < -0.3 is 20.7 Å². The fourth-order valence-electron chi connectivity index (χ4n) is 3.77. The van der Waals surface area contributed by atoms with E-state index in [1.807, 2.05) is 20.8 Å². The predicted octanol–water partition coefficient (Wildman–Crippen LogP) is 6.47. The summed E-state index contributed by atoms with van der Waals surface area (Å²) in [6, 6.07) is 9.90. The number of ether oxygens (including phenoxy) is 1. The number of benzene rings is 2. The third-order valence-electron chi connectivity index (χ3n) is 6.04. The Labute approximate surface area is 224 Å². The van der Waals surface area contributed by atoms with Crippen LogP contribution in [0.15, 0.2) is 60.6 Å². The molecule has 0 spiro atoms. The van der Waals surface area contributed by atoms with Crippen molar-refractivity contribution in [2.24, 2.45) is 15.8 Å². The Morgan fingerprint density at radius 2 is 1.74 bits per heavy atom. The van der Waals surface area contributed by atoms with Crippen LogP contribution in [0, 0.1) is 16.6 Å². The molecule has 3 N–H and O–H groups in total. The number of anilines is 2. The first-order chi connectivity index (χ1) is 18.0. The standard InChI is InChI=1S/C30H37FN4O3/c1-7-9-16-38-23-17-24(31)26(25(18-23)32-8-2)20(3)34-21-10-12-22(13-11-21)35-28(37)30(14-15-30)27(36)33-19-29(4,5)6/h7-8,10-13,17-18,34H,1,3,9,14-16,19H2,2,4-6H3,(H,33,36)(H,35,37). The van der Waals surface area contributed by atoms with Crippen molar-refractivity contribution in [2.45, 2.75) is 47.0 Å². The van der Waals surface area contributed by atoms with Crippen LogP contribution < -0.4 is 20.7 Å². The van der Waals surface area contributed by atoms with Crippen molar-refractivity contribution in [3.05, 3.63) is 67.0 Å². The molecule has 38 heavy (non-hydrogen) atoms. The third-order valence-corrected chi connectivity index (χ3v) is 6.04. The number of hydrogen-bond acceptors (Lipinski definition) is 5. The van der Waals surface area contributed by atoms with Gasteiger partial charge in [-0.05, 0) is 55.9 Å². The summed E-state index contributed by atoms with van der Waals surface area (Å²) in [6.07, 6.45) is 5.01. The number of rotatable bonds is 12. The molecule has 0 aliphatic heterocycles. The van der Waals surface area contributed by atoms with Crippen LogP contribution in [0.25, 0.3) is 5.70 Å². The largest absolute Gasteiger partial charge is 0.493 e. The van der Waals surface area contributed by atoms with Crippen molar-refractivity contribution in [1.82, 2.24) is 5.32 Å². The average molecular weight is 521 g/mol. The topological polar surface area (TPSA) is 91.8 Å². The highest BCUT2D eigenvalue weighted by Gasteiger charge is 2.56. The van der Waals surface area contributed by atoms with Crippen molar-refractivity contribution in [3.63, 3.8) is 0 Å². The van der Waals surface area contributed by atoms with Gasteiger partial charge in [0.05, 0.1) is 17.9 Å². The quantitative estimate of drug-likeness (QED) is 0.130. The molecule has 1 aliphatic rings. The first-order valence-electron chi connectivity index (χ1n) is 12.7. The SMILES string of the molecule is C=CCCOc1cc(F)c(C(=C)Nc2ccc(NC(=O)C3(C(=O)NCC(C)(C)C)CC3)cc2)c(N=CC)c1. The normalized spacial score (nSPS) is 14.0. The molecule has 2 aromatic carbocycles. The average Bonchev–Trinajstić information content (AvgIpc) is 3.66. The van der Waals surface area contributed by atoms with E-state index in [9.17, 15) is 9.59 Å². The van der Waals surface area contributed by atoms with E-state index in [1.54, 1.807) is 49.5 Å². The summed E-state index contributed by atoms with van der Waals surface area (Å²) in [5.41, 5.74) is 1.08. The van der Waals surface area contributed by atoms with Crippen LogP contribution in [0.2, 0.25) is 0 Å². The molecular weight excluding hydrogens is 483 g/mol. The zero-order chi connectivity index (χ0) is 27.9. The monoisotopic (exact) mass is 520 g/mol. The molecule has 8 heteroatoms. The first kappa shape index (κ1) is 28.6. The first-order valence-corrected chi connectivity index (χ1v) is 12.7. The van der Waals surface area contributed by atoms with Crippen molar-refractivity contribution < 1.29 is 18.7 Å². The van der Waals surface area contributed by atoms with Gasteiger partial charge >= 0.3 is 0 Å². The van der Waals surface area contributed by atoms with E-state index in [1.165, 1.54) is 6.07 Å². The maximum absolute atomic E-state index is 15.1. The van der Waals surface area contributed by atoms with Crippen LogP contribution in [-0.2, 0) is 9.59 Å². The van der Waals surface area contributed by atoms with E-state index < -0.39 is 11.2 Å². The summed E-state index contributed by atoms with van der Waals surface area (Å²) in [4.78, 5) is 29.8. The maximum Gasteiger partial charge on any atom is 0.240 e. The van der Waals surface area contributed by atoms with Gasteiger partial charge in [0.1, 0.15) is 17.0 Å². The molecule has 1 fully saturated rings. The summed E-state index contributed by atoms with van der Waals surface area (Å²) >= 11 is 0. The van der Waals surface area contributed by atoms with E-state index in [0.29, 0.717) is 60.9 Å². The molecule has 0 saturated heterocycles. The van der Waals surface area contributed by atoms with Gasteiger partial charge in [-0.3, -0.25) is 14.6 Å². The van der Waals surface area contributed by atoms with Gasteiger partial charge in [0.2, 0.25) is 11.8 Å². The van der Waals surface area contributed by atoms with Gasteiger partial charge in [-0.25, -0.2) is 4.39 Å². The van der Waals surface area contributed by atoms with Crippen molar-refractivity contribution in [2.75, 3.05) is 23.8 Å². The number of nitrogens with zero attached hydrogens (tertiary/aromatic N) is 1. The second-order valence-electron chi connectivity index (χ2n) is 10.6. The van der Waals surface area contributed by atoms with Crippen LogP contribution in [0.3, 0.4) is 0 Å². The number of hydrogen-bond donors (Lipinski definition) is 3. The number of carbonyl (C=O) groups is 2. The van der Waals surface area contributed by atoms with Crippen molar-refractivity contribution >= 4 is 40.8 Å². The molecule has 1 aliphatic carbocycles. The molecule has 3 rings (SSSR count). The predicted molar refractivity (Wildman–Crippen MR) is 152 cm³/mol. The summed E-state index contributed by atoms with van der Waals surface area (Å²) in [6.45, 7) is 16.4. The molecular formula is C30H37FN4O3. The highest BCUT2D eigenvalue weighted by Crippen LogP contribution is 2.47. The van der Waals surface area contributed by atoms with Gasteiger partial charge in [0.25, 0.3) is 0 Å². The molecule has 2 aromatic rings. The molecule has 0 unspecified atom stereocenters. The Bertz CT molecular complexity index is 1230. The minimum Gasteiger partial charge on any atom is -0.493 e. The van der Waals surface area contributed by atoms with Gasteiger partial charge in [0, 0.05) is 42.0 Å². The zero-order valence-electron chi connectivity index (χ0n) is 22.6. The lowest BCUT2D eigenvalue weighted by Gasteiger charge is -2.21. The van der Waals surface area contributed by atoms with Gasteiger partial charge in [-0.1, -0.05) is 33.4 Å². The number of nitrogens with one attached hydrogen (secondary N) is 3. The van der Waals surface area contributed by atoms with E-state index in [4.69, 9.17) is 4.74 Å². The fourth-order valence-corrected chi connectivity index (χ4v) is 3.77. The van der Waals surface area contributed by atoms with Gasteiger partial charge in [0.15, 0.2) is 0 Å². The second-order valence-corrected chi connectivity index (χ2v) is 10.6. The Balaban J connectivity index is 1.66. The Morgan fingerprint density at radius 1 is 1.11 bits per heavy atom. The smallest absolute Gasteiger partial charge is 0.240 e. The Morgan fingerprint density at radius 3 is 2.29 bits per heavy atom. The fraction of sp³-hybridized carbons (Fsp3) is 0.367. The molecule has 0 radical (unpaired) electrons. The number of aliphatic imine (C=N–C) groups is 1. The van der Waals surface area contributed by atoms with Crippen LogP contribution >= 0.6 is 0 Å². The van der Waals surface area contributed by atoms with Crippen molar-refractivity contribution in [1.29, 1.82) is 0 Å². The molecule has 0 atom stereocenters. The highest BCUT2D eigenvalue weighted by atomic mass is 19.1. The minimum atomic E-state index is -1.01. The third kappa shape index (κ3) is 7.31. The lowest BCUT2D eigenvalue weighted by atomic mass is 9.96. The molecule has 7 nitrogen and oxygen atoms in total. The molecule has 2 amide bonds. The summed E-state index contributed by atoms with van der Waals surface area (Å²) < 4.78 is 20.6. The van der Waals surface area contributed by atoms with Gasteiger partial charge in [-0.15, -0.1) is 6.58 Å². The Kier molecular flexibility index (Phi) is 9.09. The summed E-state index contributed by atoms with van der Waals surface area (Å²) in [7, 11) is 0.